The third kappa shape index (κ3) is 6.75. The first kappa shape index (κ1) is 29.4. The highest BCUT2D eigenvalue weighted by Gasteiger charge is 2.34. The SMILES string of the molecule is Cc1noc(C)c1S(=O)(=O)Nc1ccc2c(c1)C(=O)N([C@H](C)CO)C[C@@H](C)[C@H](CN(C)CC1CCCCC1)O2. The van der Waals surface area contributed by atoms with Gasteiger partial charge in [-0.3, -0.25) is 9.52 Å². The minimum absolute atomic E-state index is 0.0163. The van der Waals surface area contributed by atoms with Gasteiger partial charge in [-0.25, -0.2) is 8.42 Å². The molecule has 1 aliphatic heterocycles. The molecule has 216 valence electrons. The highest BCUT2D eigenvalue weighted by atomic mass is 32.2. The van der Waals surface area contributed by atoms with Crippen LogP contribution in [0.25, 0.3) is 0 Å². The van der Waals surface area contributed by atoms with Gasteiger partial charge >= 0.3 is 0 Å². The molecule has 2 heterocycles. The second-order valence-corrected chi connectivity index (χ2v) is 12.9. The Labute approximate surface area is 231 Å². The molecule has 0 saturated heterocycles. The molecule has 3 atom stereocenters. The summed E-state index contributed by atoms with van der Waals surface area (Å²) in [6, 6.07) is 4.33. The second-order valence-electron chi connectivity index (χ2n) is 11.3. The number of ether oxygens (including phenoxy) is 1. The standard InChI is InChI=1S/C28H42N4O6S/c1-18-14-32(19(2)17-33)28(34)24-13-23(30-39(35,36)27-20(3)29-38-21(27)4)11-12-25(24)37-26(18)16-31(5)15-22-9-7-6-8-10-22/h11-13,18-19,22,26,30,33H,6-10,14-17H2,1-5H3/t18-,19-,26+/m1/s1. The molecule has 0 radical (unpaired) electrons. The lowest BCUT2D eigenvalue weighted by atomic mass is 9.89. The zero-order valence-electron chi connectivity index (χ0n) is 23.6. The van der Waals surface area contributed by atoms with Crippen molar-refractivity contribution in [2.45, 2.75) is 76.8 Å². The molecule has 1 aliphatic carbocycles. The fourth-order valence-electron chi connectivity index (χ4n) is 5.76. The molecule has 1 amide bonds. The lowest BCUT2D eigenvalue weighted by molar-refractivity contribution is 0.0330. The topological polar surface area (TPSA) is 125 Å². The molecule has 39 heavy (non-hydrogen) atoms. The number of anilines is 1. The van der Waals surface area contributed by atoms with E-state index in [2.05, 4.69) is 28.8 Å². The minimum atomic E-state index is -3.99. The van der Waals surface area contributed by atoms with Gasteiger partial charge in [0.25, 0.3) is 15.9 Å². The molecule has 2 N–H and O–H groups in total. The van der Waals surface area contributed by atoms with Crippen molar-refractivity contribution in [1.82, 2.24) is 15.0 Å². The monoisotopic (exact) mass is 562 g/mol. The maximum Gasteiger partial charge on any atom is 0.267 e. The zero-order valence-corrected chi connectivity index (χ0v) is 24.5. The molecule has 2 aliphatic rings. The van der Waals surface area contributed by atoms with Crippen LogP contribution in [-0.4, -0.2) is 79.8 Å². The van der Waals surface area contributed by atoms with Crippen LogP contribution in [0.15, 0.2) is 27.6 Å². The van der Waals surface area contributed by atoms with Crippen LogP contribution in [0.2, 0.25) is 0 Å². The Bertz CT molecular complexity index is 1240. The van der Waals surface area contributed by atoms with Gasteiger partial charge in [-0.05, 0) is 64.8 Å². The fourth-order valence-corrected chi connectivity index (χ4v) is 7.14. The van der Waals surface area contributed by atoms with Crippen LogP contribution in [0.3, 0.4) is 0 Å². The maximum absolute atomic E-state index is 13.7. The van der Waals surface area contributed by atoms with Crippen molar-refractivity contribution in [3.8, 4) is 5.75 Å². The number of sulfonamides is 1. The third-order valence-electron chi connectivity index (χ3n) is 7.94. The maximum atomic E-state index is 13.7. The molecule has 0 bridgehead atoms. The summed E-state index contributed by atoms with van der Waals surface area (Å²) in [5.41, 5.74) is 0.728. The summed E-state index contributed by atoms with van der Waals surface area (Å²) in [6.45, 7) is 8.92. The third-order valence-corrected chi connectivity index (χ3v) is 9.56. The van der Waals surface area contributed by atoms with Gasteiger partial charge in [0.15, 0.2) is 10.7 Å². The van der Waals surface area contributed by atoms with Crippen LogP contribution >= 0.6 is 0 Å². The number of hydrogen-bond acceptors (Lipinski definition) is 8. The zero-order chi connectivity index (χ0) is 28.3. The van der Waals surface area contributed by atoms with Gasteiger partial charge in [0, 0.05) is 31.2 Å². The molecule has 1 fully saturated rings. The van der Waals surface area contributed by atoms with Crippen molar-refractivity contribution in [2.24, 2.45) is 11.8 Å². The fraction of sp³-hybridized carbons (Fsp3) is 0.643. The summed E-state index contributed by atoms with van der Waals surface area (Å²) in [7, 11) is -1.87. The smallest absolute Gasteiger partial charge is 0.267 e. The number of nitrogens with zero attached hydrogens (tertiary/aromatic N) is 3. The number of carbonyl (C=O) groups is 1. The van der Waals surface area contributed by atoms with Gasteiger partial charge < -0.3 is 24.2 Å². The van der Waals surface area contributed by atoms with Crippen LogP contribution in [-0.2, 0) is 10.0 Å². The van der Waals surface area contributed by atoms with E-state index < -0.39 is 16.1 Å². The lowest BCUT2D eigenvalue weighted by Gasteiger charge is -2.38. The number of aryl methyl sites for hydroxylation is 2. The Balaban J connectivity index is 1.62. The Morgan fingerprint density at radius 3 is 2.56 bits per heavy atom. The molecule has 11 heteroatoms. The number of aromatic nitrogens is 1. The summed E-state index contributed by atoms with van der Waals surface area (Å²) in [5.74, 6) is 0.981. The van der Waals surface area contributed by atoms with Crippen molar-refractivity contribution < 1.29 is 27.6 Å². The first-order chi connectivity index (χ1) is 18.5. The molecule has 2 aromatic rings. The molecule has 1 saturated carbocycles. The number of hydrogen-bond donors (Lipinski definition) is 2. The van der Waals surface area contributed by atoms with Gasteiger partial charge in [0.1, 0.15) is 17.5 Å². The van der Waals surface area contributed by atoms with E-state index in [1.807, 2.05) is 0 Å². The van der Waals surface area contributed by atoms with E-state index in [0.29, 0.717) is 24.8 Å². The van der Waals surface area contributed by atoms with E-state index in [-0.39, 0.29) is 52.1 Å². The van der Waals surface area contributed by atoms with Gasteiger partial charge in [-0.15, -0.1) is 0 Å². The number of amides is 1. The largest absolute Gasteiger partial charge is 0.488 e. The lowest BCUT2D eigenvalue weighted by Crippen LogP contribution is -2.50. The minimum Gasteiger partial charge on any atom is -0.488 e. The quantitative estimate of drug-likeness (QED) is 0.473. The van der Waals surface area contributed by atoms with Gasteiger partial charge in [0.05, 0.1) is 18.2 Å². The highest BCUT2D eigenvalue weighted by molar-refractivity contribution is 7.92. The predicted octanol–water partition coefficient (Wildman–Crippen LogP) is 3.82. The van der Waals surface area contributed by atoms with Gasteiger partial charge in [-0.1, -0.05) is 31.3 Å². The summed E-state index contributed by atoms with van der Waals surface area (Å²) in [4.78, 5) is 17.7. The van der Waals surface area contributed by atoms with Crippen molar-refractivity contribution in [3.63, 3.8) is 0 Å². The number of likely N-dealkylation sites (N-methyl/N-ethyl adjacent to an activating group) is 1. The summed E-state index contributed by atoms with van der Waals surface area (Å²) >= 11 is 0. The Kier molecular flexibility index (Phi) is 9.23. The predicted molar refractivity (Wildman–Crippen MR) is 148 cm³/mol. The Morgan fingerprint density at radius 1 is 1.21 bits per heavy atom. The number of carbonyl (C=O) groups excluding carboxylic acids is 1. The van der Waals surface area contributed by atoms with Gasteiger partial charge in [0.2, 0.25) is 0 Å². The average Bonchev–Trinajstić information content (AvgIpc) is 3.25. The number of benzene rings is 1. The number of aliphatic hydroxyl groups excluding tert-OH is 1. The van der Waals surface area contributed by atoms with Gasteiger partial charge in [-0.2, -0.15) is 0 Å². The number of rotatable bonds is 9. The van der Waals surface area contributed by atoms with E-state index in [1.165, 1.54) is 45.1 Å². The van der Waals surface area contributed by atoms with Crippen LogP contribution in [0.5, 0.6) is 5.75 Å². The molecular formula is C28H42N4O6S. The highest BCUT2D eigenvalue weighted by Crippen LogP contribution is 2.32. The van der Waals surface area contributed by atoms with Crippen molar-refractivity contribution in [3.05, 3.63) is 35.2 Å². The molecule has 0 spiro atoms. The molecule has 1 aromatic carbocycles. The summed E-state index contributed by atoms with van der Waals surface area (Å²) < 4.78 is 40.3. The van der Waals surface area contributed by atoms with Crippen LogP contribution in [0.4, 0.5) is 5.69 Å². The first-order valence-electron chi connectivity index (χ1n) is 13.9. The van der Waals surface area contributed by atoms with Crippen molar-refractivity contribution in [2.75, 3.05) is 38.0 Å². The van der Waals surface area contributed by atoms with E-state index in [1.54, 1.807) is 30.9 Å². The molecule has 4 rings (SSSR count). The number of nitrogens with one attached hydrogen (secondary N) is 1. The average molecular weight is 563 g/mol. The Hall–Kier alpha value is -2.63. The first-order valence-corrected chi connectivity index (χ1v) is 15.3. The molecular weight excluding hydrogens is 520 g/mol. The van der Waals surface area contributed by atoms with Crippen LogP contribution < -0.4 is 9.46 Å². The van der Waals surface area contributed by atoms with E-state index in [9.17, 15) is 18.3 Å². The Morgan fingerprint density at radius 2 is 1.92 bits per heavy atom. The second kappa shape index (κ2) is 12.3. The number of fused-ring (bicyclic) bond motifs is 1. The molecule has 10 nitrogen and oxygen atoms in total. The van der Waals surface area contributed by atoms with Crippen molar-refractivity contribution >= 4 is 21.6 Å². The van der Waals surface area contributed by atoms with E-state index in [4.69, 9.17) is 9.26 Å². The van der Waals surface area contributed by atoms with Crippen LogP contribution in [0.1, 0.15) is 67.8 Å². The van der Waals surface area contributed by atoms with E-state index in [0.717, 1.165) is 6.54 Å². The summed E-state index contributed by atoms with van der Waals surface area (Å²) in [5, 5.41) is 13.7. The molecule has 1 aromatic heterocycles. The van der Waals surface area contributed by atoms with Crippen LogP contribution in [0, 0.1) is 25.7 Å². The van der Waals surface area contributed by atoms with Crippen molar-refractivity contribution in [1.29, 1.82) is 0 Å². The summed E-state index contributed by atoms with van der Waals surface area (Å²) in [6.07, 6.45) is 6.24. The molecule has 0 unspecified atom stereocenters. The van der Waals surface area contributed by atoms with E-state index >= 15 is 0 Å². The number of aliphatic hydroxyl groups is 1. The normalized spacial score (nSPS) is 21.7.